The van der Waals surface area contributed by atoms with Crippen LogP contribution in [0.15, 0.2) is 18.3 Å². The number of nitrogens with zero attached hydrogens (tertiary/aromatic N) is 1. The van der Waals surface area contributed by atoms with Gasteiger partial charge < -0.3 is 20.5 Å². The van der Waals surface area contributed by atoms with Crippen molar-refractivity contribution in [3.63, 3.8) is 0 Å². The van der Waals surface area contributed by atoms with E-state index < -0.39 is 0 Å². The fraction of sp³-hybridized carbons (Fsp3) is 0.667. The number of nitrogens with one attached hydrogen (secondary N) is 3. The lowest BCUT2D eigenvalue weighted by Gasteiger charge is -2.33. The first-order valence-corrected chi connectivity index (χ1v) is 6.10. The van der Waals surface area contributed by atoms with E-state index in [4.69, 9.17) is 0 Å². The summed E-state index contributed by atoms with van der Waals surface area (Å²) in [6.07, 6.45) is 3.18. The summed E-state index contributed by atoms with van der Waals surface area (Å²) < 4.78 is 0. The van der Waals surface area contributed by atoms with Crippen molar-refractivity contribution in [1.82, 2.24) is 20.5 Å². The Morgan fingerprint density at radius 2 is 2.50 bits per heavy atom. The zero-order valence-electron chi connectivity index (χ0n) is 10.00. The Bertz CT molecular complexity index is 283. The van der Waals surface area contributed by atoms with Crippen LogP contribution in [0.25, 0.3) is 0 Å². The molecule has 0 bridgehead atoms. The van der Waals surface area contributed by atoms with Gasteiger partial charge in [0.2, 0.25) is 0 Å². The summed E-state index contributed by atoms with van der Waals surface area (Å²) in [5, 5.41) is 6.91. The van der Waals surface area contributed by atoms with Gasteiger partial charge in [-0.05, 0) is 32.1 Å². The Labute approximate surface area is 97.4 Å². The molecule has 2 heterocycles. The topological polar surface area (TPSA) is 43.1 Å². The zero-order chi connectivity index (χ0) is 11.2. The van der Waals surface area contributed by atoms with E-state index in [1.165, 1.54) is 18.7 Å². The average molecular weight is 222 g/mol. The molecule has 1 aliphatic rings. The molecule has 0 aliphatic carbocycles. The van der Waals surface area contributed by atoms with Gasteiger partial charge in [-0.25, -0.2) is 0 Å². The van der Waals surface area contributed by atoms with Gasteiger partial charge in [0, 0.05) is 44.1 Å². The molecule has 1 fully saturated rings. The molecule has 16 heavy (non-hydrogen) atoms. The molecule has 1 unspecified atom stereocenters. The van der Waals surface area contributed by atoms with Crippen molar-refractivity contribution in [3.8, 4) is 0 Å². The number of H-pyrrole nitrogens is 1. The van der Waals surface area contributed by atoms with Crippen LogP contribution in [-0.2, 0) is 6.54 Å². The number of likely N-dealkylation sites (N-methyl/N-ethyl adjacent to an activating group) is 1. The molecular formula is C12H22N4. The second-order valence-electron chi connectivity index (χ2n) is 4.50. The van der Waals surface area contributed by atoms with Gasteiger partial charge in [-0.2, -0.15) is 0 Å². The summed E-state index contributed by atoms with van der Waals surface area (Å²) in [5.74, 6) is 0. The SMILES string of the molecule is CN1CCNCC1CCNCc1ccc[nH]1. The first-order chi connectivity index (χ1) is 7.86. The van der Waals surface area contributed by atoms with Crippen LogP contribution < -0.4 is 10.6 Å². The lowest BCUT2D eigenvalue weighted by molar-refractivity contribution is 0.189. The maximum Gasteiger partial charge on any atom is 0.0357 e. The molecule has 90 valence electrons. The Hall–Kier alpha value is -0.840. The lowest BCUT2D eigenvalue weighted by atomic mass is 10.1. The third kappa shape index (κ3) is 3.33. The maximum absolute atomic E-state index is 3.47. The number of aromatic amines is 1. The fourth-order valence-corrected chi connectivity index (χ4v) is 2.15. The second kappa shape index (κ2) is 6.03. The molecule has 3 N–H and O–H groups in total. The standard InChI is InChI=1S/C12H22N4/c1-16-8-7-14-10-12(16)4-6-13-9-11-3-2-5-15-11/h2-3,5,12-15H,4,6-10H2,1H3. The van der Waals surface area contributed by atoms with E-state index in [9.17, 15) is 0 Å². The van der Waals surface area contributed by atoms with Crippen LogP contribution in [0, 0.1) is 0 Å². The highest BCUT2D eigenvalue weighted by Gasteiger charge is 2.17. The van der Waals surface area contributed by atoms with Crippen LogP contribution in [0.1, 0.15) is 12.1 Å². The number of rotatable bonds is 5. The van der Waals surface area contributed by atoms with Gasteiger partial charge in [-0.1, -0.05) is 0 Å². The van der Waals surface area contributed by atoms with Crippen LogP contribution in [0.4, 0.5) is 0 Å². The van der Waals surface area contributed by atoms with Crippen molar-refractivity contribution in [2.45, 2.75) is 19.0 Å². The Kier molecular flexibility index (Phi) is 4.39. The largest absolute Gasteiger partial charge is 0.364 e. The molecule has 0 saturated carbocycles. The number of piperazine rings is 1. The molecule has 1 aromatic heterocycles. The highest BCUT2D eigenvalue weighted by atomic mass is 15.2. The lowest BCUT2D eigenvalue weighted by Crippen LogP contribution is -2.50. The van der Waals surface area contributed by atoms with Gasteiger partial charge in [-0.15, -0.1) is 0 Å². The molecule has 4 heteroatoms. The van der Waals surface area contributed by atoms with E-state index in [2.05, 4.69) is 33.6 Å². The molecule has 0 aromatic carbocycles. The number of hydrogen-bond acceptors (Lipinski definition) is 3. The number of hydrogen-bond donors (Lipinski definition) is 3. The molecule has 1 aliphatic heterocycles. The summed E-state index contributed by atoms with van der Waals surface area (Å²) in [7, 11) is 2.22. The van der Waals surface area contributed by atoms with E-state index in [1.54, 1.807) is 0 Å². The van der Waals surface area contributed by atoms with E-state index >= 15 is 0 Å². The van der Waals surface area contributed by atoms with Gasteiger partial charge in [0.25, 0.3) is 0 Å². The minimum atomic E-state index is 0.685. The molecule has 0 radical (unpaired) electrons. The van der Waals surface area contributed by atoms with Crippen LogP contribution in [0.5, 0.6) is 0 Å². The molecule has 2 rings (SSSR count). The van der Waals surface area contributed by atoms with E-state index in [-0.39, 0.29) is 0 Å². The predicted molar refractivity (Wildman–Crippen MR) is 66.4 cm³/mol. The third-order valence-corrected chi connectivity index (χ3v) is 3.28. The van der Waals surface area contributed by atoms with Gasteiger partial charge in [0.1, 0.15) is 0 Å². The first-order valence-electron chi connectivity index (χ1n) is 6.10. The van der Waals surface area contributed by atoms with Gasteiger partial charge in [0.15, 0.2) is 0 Å². The normalized spacial score (nSPS) is 22.4. The smallest absolute Gasteiger partial charge is 0.0357 e. The molecular weight excluding hydrogens is 200 g/mol. The van der Waals surface area contributed by atoms with E-state index in [0.717, 1.165) is 26.2 Å². The molecule has 4 nitrogen and oxygen atoms in total. The molecule has 1 aromatic rings. The summed E-state index contributed by atoms with van der Waals surface area (Å²) in [4.78, 5) is 5.65. The van der Waals surface area contributed by atoms with Crippen LogP contribution in [-0.4, -0.2) is 49.2 Å². The van der Waals surface area contributed by atoms with Gasteiger partial charge >= 0.3 is 0 Å². The van der Waals surface area contributed by atoms with Crippen molar-refractivity contribution >= 4 is 0 Å². The maximum atomic E-state index is 3.47. The Balaban J connectivity index is 1.60. The third-order valence-electron chi connectivity index (χ3n) is 3.28. The Morgan fingerprint density at radius 3 is 3.25 bits per heavy atom. The van der Waals surface area contributed by atoms with Gasteiger partial charge in [-0.3, -0.25) is 0 Å². The van der Waals surface area contributed by atoms with E-state index in [1.807, 2.05) is 12.3 Å². The average Bonchev–Trinajstić information content (AvgIpc) is 2.79. The highest BCUT2D eigenvalue weighted by molar-refractivity contribution is 5.02. The fourth-order valence-electron chi connectivity index (χ4n) is 2.15. The van der Waals surface area contributed by atoms with Crippen molar-refractivity contribution in [2.24, 2.45) is 0 Å². The summed E-state index contributed by atoms with van der Waals surface area (Å²) in [6.45, 7) is 5.44. The molecule has 1 saturated heterocycles. The second-order valence-corrected chi connectivity index (χ2v) is 4.50. The Morgan fingerprint density at radius 1 is 1.56 bits per heavy atom. The minimum absolute atomic E-state index is 0.685. The highest BCUT2D eigenvalue weighted by Crippen LogP contribution is 2.03. The predicted octanol–water partition coefficient (Wildman–Crippen LogP) is 0.398. The summed E-state index contributed by atoms with van der Waals surface area (Å²) >= 11 is 0. The first kappa shape index (κ1) is 11.6. The van der Waals surface area contributed by atoms with Gasteiger partial charge in [0.05, 0.1) is 0 Å². The van der Waals surface area contributed by atoms with Crippen molar-refractivity contribution in [3.05, 3.63) is 24.0 Å². The van der Waals surface area contributed by atoms with Crippen LogP contribution in [0.2, 0.25) is 0 Å². The quantitative estimate of drug-likeness (QED) is 0.632. The number of aromatic nitrogens is 1. The van der Waals surface area contributed by atoms with Crippen LogP contribution in [0.3, 0.4) is 0 Å². The summed E-state index contributed by atoms with van der Waals surface area (Å²) in [5.41, 5.74) is 1.26. The summed E-state index contributed by atoms with van der Waals surface area (Å²) in [6, 6.07) is 4.84. The molecule has 1 atom stereocenters. The zero-order valence-corrected chi connectivity index (χ0v) is 10.00. The molecule has 0 spiro atoms. The minimum Gasteiger partial charge on any atom is -0.364 e. The van der Waals surface area contributed by atoms with Crippen LogP contribution >= 0.6 is 0 Å². The molecule has 0 amide bonds. The van der Waals surface area contributed by atoms with Crippen molar-refractivity contribution in [2.75, 3.05) is 33.2 Å². The monoisotopic (exact) mass is 222 g/mol. The van der Waals surface area contributed by atoms with Crippen molar-refractivity contribution < 1.29 is 0 Å². The van der Waals surface area contributed by atoms with E-state index in [0.29, 0.717) is 6.04 Å². The van der Waals surface area contributed by atoms with Crippen molar-refractivity contribution in [1.29, 1.82) is 0 Å².